The third-order valence-electron chi connectivity index (χ3n) is 7.19. The minimum absolute atomic E-state index is 0.185. The molecule has 3 aromatic rings. The Balaban J connectivity index is 1.47. The second kappa shape index (κ2) is 22.9. The van der Waals surface area contributed by atoms with Crippen molar-refractivity contribution in [2.45, 2.75) is 37.5 Å². The number of carbonyl (C=O) groups is 4. The van der Waals surface area contributed by atoms with Gasteiger partial charge in [0.1, 0.15) is 5.75 Å². The number of unbranched alkanes of at least 4 members (excludes halogenated alkanes) is 2. The van der Waals surface area contributed by atoms with E-state index >= 15 is 0 Å². The monoisotopic (exact) mass is 744 g/mol. The predicted molar refractivity (Wildman–Crippen MR) is 204 cm³/mol. The SMILES string of the molecule is C=CC(=O)OCCCCOc1ccc(/C=C/C(=O)Oc2ccc(SC(=O)/C=C/c3ccc(OCCCCOC(=O)C=C)c(OC)c3)c(C)c2)cc1OC. The zero-order chi connectivity index (χ0) is 38.4. The van der Waals surface area contributed by atoms with Crippen LogP contribution in [0.1, 0.15) is 42.4 Å². The van der Waals surface area contributed by atoms with Crippen molar-refractivity contribution in [1.82, 2.24) is 0 Å². The summed E-state index contributed by atoms with van der Waals surface area (Å²) in [5.41, 5.74) is 2.23. The largest absolute Gasteiger partial charge is 0.493 e. The normalized spacial score (nSPS) is 10.8. The van der Waals surface area contributed by atoms with Crippen LogP contribution in [0.4, 0.5) is 0 Å². The van der Waals surface area contributed by atoms with Crippen LogP contribution < -0.4 is 23.7 Å². The van der Waals surface area contributed by atoms with E-state index in [0.29, 0.717) is 86.4 Å². The number of rotatable bonds is 22. The number of carbonyl (C=O) groups excluding carboxylic acids is 4. The highest BCUT2D eigenvalue weighted by Gasteiger charge is 2.10. The summed E-state index contributed by atoms with van der Waals surface area (Å²) in [6.07, 6.45) is 11.0. The minimum Gasteiger partial charge on any atom is -0.493 e. The van der Waals surface area contributed by atoms with Gasteiger partial charge in [-0.25, -0.2) is 14.4 Å². The van der Waals surface area contributed by atoms with Crippen LogP contribution in [-0.4, -0.2) is 63.7 Å². The predicted octanol–water partition coefficient (Wildman–Crippen LogP) is 7.74. The molecule has 3 rings (SSSR count). The van der Waals surface area contributed by atoms with Crippen molar-refractivity contribution in [3.63, 3.8) is 0 Å². The number of esters is 3. The molecule has 0 aliphatic rings. The Morgan fingerprint density at radius 1 is 0.623 bits per heavy atom. The number of hydrogen-bond donors (Lipinski definition) is 0. The van der Waals surface area contributed by atoms with Crippen molar-refractivity contribution < 1.29 is 52.3 Å². The molecular weight excluding hydrogens is 701 g/mol. The maximum absolute atomic E-state index is 12.8. The van der Waals surface area contributed by atoms with Gasteiger partial charge in [-0.1, -0.05) is 31.4 Å². The summed E-state index contributed by atoms with van der Waals surface area (Å²) in [7, 11) is 3.07. The Bertz CT molecular complexity index is 1790. The van der Waals surface area contributed by atoms with Gasteiger partial charge >= 0.3 is 17.9 Å². The van der Waals surface area contributed by atoms with Crippen molar-refractivity contribution in [3.05, 3.63) is 109 Å². The lowest BCUT2D eigenvalue weighted by Crippen LogP contribution is -2.05. The molecule has 0 heterocycles. The second-order valence-corrected chi connectivity index (χ2v) is 12.2. The van der Waals surface area contributed by atoms with E-state index in [1.54, 1.807) is 67.8 Å². The van der Waals surface area contributed by atoms with E-state index in [1.807, 2.05) is 13.0 Å². The fourth-order valence-corrected chi connectivity index (χ4v) is 5.18. The zero-order valence-corrected chi connectivity index (χ0v) is 30.9. The topological polar surface area (TPSA) is 133 Å². The van der Waals surface area contributed by atoms with Crippen LogP contribution in [0.2, 0.25) is 0 Å². The maximum atomic E-state index is 12.8. The molecular formula is C41H44O11S. The number of thioether (sulfide) groups is 1. The summed E-state index contributed by atoms with van der Waals surface area (Å²) < 4.78 is 37.9. The first kappa shape index (κ1) is 41.7. The molecule has 11 nitrogen and oxygen atoms in total. The van der Waals surface area contributed by atoms with Gasteiger partial charge in [0.15, 0.2) is 23.0 Å². The molecule has 0 fully saturated rings. The first-order chi connectivity index (χ1) is 25.6. The lowest BCUT2D eigenvalue weighted by molar-refractivity contribution is -0.138. The highest BCUT2D eigenvalue weighted by atomic mass is 32.2. The first-order valence-corrected chi connectivity index (χ1v) is 17.6. The molecule has 53 heavy (non-hydrogen) atoms. The van der Waals surface area contributed by atoms with Crippen LogP contribution in [0.3, 0.4) is 0 Å². The Labute approximate surface area is 314 Å². The molecule has 0 saturated carbocycles. The Morgan fingerprint density at radius 2 is 1.13 bits per heavy atom. The number of methoxy groups -OCH3 is 2. The number of ether oxygens (including phenoxy) is 7. The number of benzene rings is 3. The molecule has 280 valence electrons. The van der Waals surface area contributed by atoms with Gasteiger partial charge in [-0.2, -0.15) is 0 Å². The van der Waals surface area contributed by atoms with E-state index in [1.165, 1.54) is 19.3 Å². The molecule has 3 aromatic carbocycles. The van der Waals surface area contributed by atoms with Gasteiger partial charge < -0.3 is 33.2 Å². The van der Waals surface area contributed by atoms with E-state index in [4.69, 9.17) is 33.2 Å². The summed E-state index contributed by atoms with van der Waals surface area (Å²) >= 11 is 1.06. The van der Waals surface area contributed by atoms with Gasteiger partial charge in [-0.15, -0.1) is 0 Å². The minimum atomic E-state index is -0.571. The maximum Gasteiger partial charge on any atom is 0.336 e. The average Bonchev–Trinajstić information content (AvgIpc) is 3.16. The zero-order valence-electron chi connectivity index (χ0n) is 30.1. The summed E-state index contributed by atoms with van der Waals surface area (Å²) in [5.74, 6) is 1.02. The average molecular weight is 745 g/mol. The molecule has 0 aliphatic carbocycles. The summed E-state index contributed by atoms with van der Waals surface area (Å²) in [6, 6.07) is 15.7. The number of aryl methyl sites for hydroxylation is 1. The molecule has 0 radical (unpaired) electrons. The summed E-state index contributed by atoms with van der Waals surface area (Å²) in [4.78, 5) is 48.3. The van der Waals surface area contributed by atoms with Crippen molar-refractivity contribution in [2.24, 2.45) is 0 Å². The molecule has 0 unspecified atom stereocenters. The molecule has 0 atom stereocenters. The second-order valence-electron chi connectivity index (χ2n) is 11.1. The highest BCUT2D eigenvalue weighted by Crippen LogP contribution is 2.31. The van der Waals surface area contributed by atoms with Crippen LogP contribution in [0.15, 0.2) is 97.0 Å². The van der Waals surface area contributed by atoms with Crippen LogP contribution in [0, 0.1) is 6.92 Å². The van der Waals surface area contributed by atoms with Crippen LogP contribution in [-0.2, 0) is 28.7 Å². The van der Waals surface area contributed by atoms with Gasteiger partial charge in [-0.05, 0) is 116 Å². The molecule has 0 spiro atoms. The Kier molecular flexibility index (Phi) is 18.0. The van der Waals surface area contributed by atoms with E-state index in [2.05, 4.69) is 13.2 Å². The van der Waals surface area contributed by atoms with Crippen molar-refractivity contribution in [1.29, 1.82) is 0 Å². The van der Waals surface area contributed by atoms with E-state index in [9.17, 15) is 19.2 Å². The lowest BCUT2D eigenvalue weighted by Gasteiger charge is -2.11. The smallest absolute Gasteiger partial charge is 0.336 e. The quantitative estimate of drug-likeness (QED) is 0.0328. The molecule has 12 heteroatoms. The van der Waals surface area contributed by atoms with Crippen LogP contribution in [0.25, 0.3) is 12.2 Å². The molecule has 0 N–H and O–H groups in total. The van der Waals surface area contributed by atoms with Gasteiger partial charge in [0.05, 0.1) is 40.6 Å². The molecule has 0 aliphatic heterocycles. The summed E-state index contributed by atoms with van der Waals surface area (Å²) in [6.45, 7) is 9.97. The lowest BCUT2D eigenvalue weighted by atomic mass is 10.2. The molecule has 0 saturated heterocycles. The molecule has 0 amide bonds. The van der Waals surface area contributed by atoms with E-state index in [-0.39, 0.29) is 5.12 Å². The first-order valence-electron chi connectivity index (χ1n) is 16.8. The molecule has 0 bridgehead atoms. The van der Waals surface area contributed by atoms with Gasteiger partial charge in [0, 0.05) is 23.1 Å². The Morgan fingerprint density at radius 3 is 1.62 bits per heavy atom. The highest BCUT2D eigenvalue weighted by molar-refractivity contribution is 8.14. The van der Waals surface area contributed by atoms with Crippen LogP contribution >= 0.6 is 11.8 Å². The molecule has 0 aromatic heterocycles. The van der Waals surface area contributed by atoms with Crippen molar-refractivity contribution >= 4 is 46.9 Å². The Hall–Kier alpha value is -5.75. The summed E-state index contributed by atoms with van der Waals surface area (Å²) in [5, 5.41) is -0.185. The van der Waals surface area contributed by atoms with Gasteiger partial charge in [0.2, 0.25) is 5.12 Å². The fraction of sp³-hybridized carbons (Fsp3) is 0.268. The van der Waals surface area contributed by atoms with Gasteiger partial charge in [-0.3, -0.25) is 4.79 Å². The van der Waals surface area contributed by atoms with Gasteiger partial charge in [0.25, 0.3) is 0 Å². The van der Waals surface area contributed by atoms with Crippen molar-refractivity contribution in [3.8, 4) is 28.7 Å². The fourth-order valence-electron chi connectivity index (χ4n) is 4.47. The third kappa shape index (κ3) is 15.2. The standard InChI is InChI=1S/C41H44O11S/c1-6-38(42)50-24-10-8-22-48-33-17-12-30(27-35(33)46-4)14-20-40(44)52-32-16-19-37(29(3)26-32)53-41(45)21-15-31-13-18-34(36(28-31)47-5)49-23-9-11-25-51-39(43)7-2/h6-7,12-21,26-28H,1-2,8-11,22-25H2,3-5H3/b20-14+,21-15+. The van der Waals surface area contributed by atoms with E-state index in [0.717, 1.165) is 39.9 Å². The van der Waals surface area contributed by atoms with E-state index < -0.39 is 17.9 Å². The number of hydrogen-bond acceptors (Lipinski definition) is 12. The van der Waals surface area contributed by atoms with Crippen molar-refractivity contribution in [2.75, 3.05) is 40.6 Å². The third-order valence-corrected chi connectivity index (χ3v) is 8.20. The van der Waals surface area contributed by atoms with Crippen LogP contribution in [0.5, 0.6) is 28.7 Å².